The molecule has 3 aromatic rings. The molecule has 0 saturated heterocycles. The number of ether oxygens (including phenoxy) is 2. The second kappa shape index (κ2) is 7.06. The van der Waals surface area contributed by atoms with Gasteiger partial charge >= 0.3 is 0 Å². The SMILES string of the molecule is CCOCc1nc2c(N)nc3cccc(OCC(C)=O)c3c2n1CC. The Labute approximate surface area is 145 Å². The average Bonchev–Trinajstić information content (AvgIpc) is 2.97. The molecule has 1 aromatic carbocycles. The number of ketones is 1. The molecule has 2 N–H and O–H groups in total. The summed E-state index contributed by atoms with van der Waals surface area (Å²) < 4.78 is 13.3. The number of rotatable bonds is 7. The van der Waals surface area contributed by atoms with Crippen LogP contribution >= 0.6 is 0 Å². The molecule has 0 amide bonds. The quantitative estimate of drug-likeness (QED) is 0.710. The first-order valence-corrected chi connectivity index (χ1v) is 8.34. The lowest BCUT2D eigenvalue weighted by Crippen LogP contribution is -2.08. The van der Waals surface area contributed by atoms with Gasteiger partial charge in [0.1, 0.15) is 30.3 Å². The predicted molar refractivity (Wildman–Crippen MR) is 96.6 cm³/mol. The Morgan fingerprint density at radius 1 is 1.28 bits per heavy atom. The average molecular weight is 342 g/mol. The summed E-state index contributed by atoms with van der Waals surface area (Å²) in [4.78, 5) is 20.4. The lowest BCUT2D eigenvalue weighted by Gasteiger charge is -2.12. The van der Waals surface area contributed by atoms with Crippen molar-refractivity contribution in [2.75, 3.05) is 18.9 Å². The molecule has 0 atom stereocenters. The van der Waals surface area contributed by atoms with Crippen LogP contribution in [0.2, 0.25) is 0 Å². The van der Waals surface area contributed by atoms with Gasteiger partial charge in [0.2, 0.25) is 0 Å². The van der Waals surface area contributed by atoms with Gasteiger partial charge in [-0.05, 0) is 32.9 Å². The number of benzene rings is 1. The molecule has 0 radical (unpaired) electrons. The summed E-state index contributed by atoms with van der Waals surface area (Å²) >= 11 is 0. The van der Waals surface area contributed by atoms with E-state index in [0.717, 1.165) is 16.7 Å². The van der Waals surface area contributed by atoms with E-state index < -0.39 is 0 Å². The molecule has 0 saturated carbocycles. The Kier molecular flexibility index (Phi) is 4.85. The molecule has 2 heterocycles. The first-order chi connectivity index (χ1) is 12.1. The van der Waals surface area contributed by atoms with E-state index in [2.05, 4.69) is 14.5 Å². The van der Waals surface area contributed by atoms with Crippen LogP contribution in [0.1, 0.15) is 26.6 Å². The van der Waals surface area contributed by atoms with E-state index in [1.807, 2.05) is 32.0 Å². The first-order valence-electron chi connectivity index (χ1n) is 8.34. The maximum absolute atomic E-state index is 11.3. The molecule has 0 aliphatic carbocycles. The van der Waals surface area contributed by atoms with Gasteiger partial charge in [0, 0.05) is 13.2 Å². The van der Waals surface area contributed by atoms with Crippen LogP contribution in [0.5, 0.6) is 5.75 Å². The van der Waals surface area contributed by atoms with Crippen molar-refractivity contribution in [2.45, 2.75) is 33.9 Å². The third-order valence-electron chi connectivity index (χ3n) is 3.95. The van der Waals surface area contributed by atoms with E-state index in [1.165, 1.54) is 6.92 Å². The van der Waals surface area contributed by atoms with E-state index in [-0.39, 0.29) is 12.4 Å². The van der Waals surface area contributed by atoms with Crippen molar-refractivity contribution >= 4 is 33.5 Å². The highest BCUT2D eigenvalue weighted by atomic mass is 16.5. The fourth-order valence-electron chi connectivity index (χ4n) is 2.91. The van der Waals surface area contributed by atoms with E-state index in [0.29, 0.717) is 42.4 Å². The number of aryl methyl sites for hydroxylation is 1. The van der Waals surface area contributed by atoms with Crippen molar-refractivity contribution in [3.8, 4) is 5.75 Å². The Balaban J connectivity index is 2.30. The van der Waals surface area contributed by atoms with Crippen molar-refractivity contribution < 1.29 is 14.3 Å². The zero-order valence-electron chi connectivity index (χ0n) is 14.7. The zero-order valence-corrected chi connectivity index (χ0v) is 14.7. The van der Waals surface area contributed by atoms with Crippen LogP contribution in [0.25, 0.3) is 21.9 Å². The van der Waals surface area contributed by atoms with Crippen LogP contribution in [0.4, 0.5) is 5.82 Å². The highest BCUT2D eigenvalue weighted by molar-refractivity contribution is 6.09. The summed E-state index contributed by atoms with van der Waals surface area (Å²) in [6.07, 6.45) is 0. The molecule has 7 nitrogen and oxygen atoms in total. The van der Waals surface area contributed by atoms with Crippen molar-refractivity contribution in [1.82, 2.24) is 14.5 Å². The summed E-state index contributed by atoms with van der Waals surface area (Å²) in [5.74, 6) is 1.72. The zero-order chi connectivity index (χ0) is 18.0. The van der Waals surface area contributed by atoms with Crippen LogP contribution in [-0.4, -0.2) is 33.5 Å². The Morgan fingerprint density at radius 2 is 2.08 bits per heavy atom. The molecular weight excluding hydrogens is 320 g/mol. The maximum Gasteiger partial charge on any atom is 0.167 e. The number of pyridine rings is 1. The molecule has 0 aliphatic heterocycles. The topological polar surface area (TPSA) is 92.3 Å². The number of nitrogen functional groups attached to an aromatic ring is 1. The number of hydrogen-bond acceptors (Lipinski definition) is 6. The number of Topliss-reactive ketones (excluding diaryl/α,β-unsaturated/α-hetero) is 1. The molecule has 0 bridgehead atoms. The molecule has 0 spiro atoms. The molecular formula is C18H22N4O3. The lowest BCUT2D eigenvalue weighted by molar-refractivity contribution is -0.118. The second-order valence-electron chi connectivity index (χ2n) is 5.74. The van der Waals surface area contributed by atoms with Gasteiger partial charge in [-0.25, -0.2) is 9.97 Å². The van der Waals surface area contributed by atoms with Gasteiger partial charge in [0.25, 0.3) is 0 Å². The largest absolute Gasteiger partial charge is 0.485 e. The summed E-state index contributed by atoms with van der Waals surface area (Å²) in [5.41, 5.74) is 8.34. The fourth-order valence-corrected chi connectivity index (χ4v) is 2.91. The van der Waals surface area contributed by atoms with E-state index in [9.17, 15) is 4.79 Å². The number of hydrogen-bond donors (Lipinski definition) is 1. The number of carbonyl (C=O) groups is 1. The molecule has 25 heavy (non-hydrogen) atoms. The highest BCUT2D eigenvalue weighted by Gasteiger charge is 2.19. The van der Waals surface area contributed by atoms with E-state index >= 15 is 0 Å². The normalized spacial score (nSPS) is 11.3. The van der Waals surface area contributed by atoms with Crippen LogP contribution < -0.4 is 10.5 Å². The lowest BCUT2D eigenvalue weighted by atomic mass is 10.1. The number of carbonyl (C=O) groups excluding carboxylic acids is 1. The minimum atomic E-state index is -0.0438. The monoisotopic (exact) mass is 342 g/mol. The standard InChI is InChI=1S/C18H22N4O3/c1-4-22-14(10-24-5-2)21-16-17(22)15-12(20-18(16)19)7-6-8-13(15)25-9-11(3)23/h6-8H,4-5,9-10H2,1-3H3,(H2,19,20). The number of anilines is 1. The molecule has 0 aliphatic rings. The Morgan fingerprint density at radius 3 is 2.76 bits per heavy atom. The maximum atomic E-state index is 11.3. The minimum absolute atomic E-state index is 0.0110. The summed E-state index contributed by atoms with van der Waals surface area (Å²) in [6.45, 7) is 7.20. The smallest absolute Gasteiger partial charge is 0.167 e. The van der Waals surface area contributed by atoms with Crippen LogP contribution in [0, 0.1) is 0 Å². The third-order valence-corrected chi connectivity index (χ3v) is 3.95. The summed E-state index contributed by atoms with van der Waals surface area (Å²) in [7, 11) is 0. The number of imidazole rings is 1. The molecule has 132 valence electrons. The van der Waals surface area contributed by atoms with Crippen molar-refractivity contribution in [3.05, 3.63) is 24.0 Å². The Bertz CT molecular complexity index is 933. The second-order valence-corrected chi connectivity index (χ2v) is 5.74. The van der Waals surface area contributed by atoms with Gasteiger partial charge in [-0.3, -0.25) is 4.79 Å². The van der Waals surface area contributed by atoms with Crippen molar-refractivity contribution in [3.63, 3.8) is 0 Å². The van der Waals surface area contributed by atoms with E-state index in [1.54, 1.807) is 0 Å². The first kappa shape index (κ1) is 17.2. The molecule has 0 unspecified atom stereocenters. The van der Waals surface area contributed by atoms with Crippen LogP contribution in [0.3, 0.4) is 0 Å². The van der Waals surface area contributed by atoms with Gasteiger partial charge in [-0.1, -0.05) is 6.07 Å². The molecule has 0 fully saturated rings. The summed E-state index contributed by atoms with van der Waals surface area (Å²) in [6, 6.07) is 5.54. The van der Waals surface area contributed by atoms with Crippen LogP contribution in [-0.2, 0) is 22.7 Å². The highest BCUT2D eigenvalue weighted by Crippen LogP contribution is 2.35. The molecule has 7 heteroatoms. The van der Waals surface area contributed by atoms with E-state index in [4.69, 9.17) is 15.2 Å². The fraction of sp³-hybridized carbons (Fsp3) is 0.389. The third kappa shape index (κ3) is 3.15. The minimum Gasteiger partial charge on any atom is -0.485 e. The number of aromatic nitrogens is 3. The van der Waals surface area contributed by atoms with Crippen molar-refractivity contribution in [2.24, 2.45) is 0 Å². The summed E-state index contributed by atoms with van der Waals surface area (Å²) in [5, 5.41) is 0.810. The van der Waals surface area contributed by atoms with Gasteiger partial charge in [-0.15, -0.1) is 0 Å². The van der Waals surface area contributed by atoms with Gasteiger partial charge in [0.05, 0.1) is 16.4 Å². The number of nitrogens with two attached hydrogens (primary N) is 1. The number of nitrogens with zero attached hydrogens (tertiary/aromatic N) is 3. The number of fused-ring (bicyclic) bond motifs is 3. The molecule has 3 rings (SSSR count). The van der Waals surface area contributed by atoms with Crippen LogP contribution in [0.15, 0.2) is 18.2 Å². The predicted octanol–water partition coefficient (Wildman–Crippen LogP) is 2.69. The Hall–Kier alpha value is -2.67. The van der Waals surface area contributed by atoms with Gasteiger partial charge in [-0.2, -0.15) is 0 Å². The van der Waals surface area contributed by atoms with Gasteiger partial charge < -0.3 is 19.8 Å². The van der Waals surface area contributed by atoms with Crippen molar-refractivity contribution in [1.29, 1.82) is 0 Å². The van der Waals surface area contributed by atoms with Gasteiger partial charge in [0.15, 0.2) is 11.6 Å². The molecule has 2 aromatic heterocycles.